The minimum absolute atomic E-state index is 0.156. The molecule has 0 saturated carbocycles. The standard InChI is InChI=1S/C19H19ClN8O/c20-17-7-18(23-11-22-17)28-12-5-6-13(28)9-26(8-12)27-10-15(24-25-19(27)21)14-3-1-2-4-16(14)29/h1-4,7,10-13,21,29H,5-6,8-9H2/p+1. The second-order valence-electron chi connectivity index (χ2n) is 7.30. The van der Waals surface area contributed by atoms with Crippen molar-refractivity contribution in [2.75, 3.05) is 28.7 Å². The summed E-state index contributed by atoms with van der Waals surface area (Å²) in [4.78, 5) is 10.7. The van der Waals surface area contributed by atoms with Crippen LogP contribution in [0, 0.1) is 0 Å². The largest absolute Gasteiger partial charge is 0.507 e. The van der Waals surface area contributed by atoms with Crippen LogP contribution in [0.2, 0.25) is 5.15 Å². The number of halogens is 1. The number of benzene rings is 1. The lowest BCUT2D eigenvalue weighted by atomic mass is 10.1. The highest BCUT2D eigenvalue weighted by Crippen LogP contribution is 2.33. The van der Waals surface area contributed by atoms with Gasteiger partial charge < -0.3 is 10.0 Å². The molecular formula is C19H20ClN8O+. The Morgan fingerprint density at radius 1 is 1.10 bits per heavy atom. The Labute approximate surface area is 172 Å². The van der Waals surface area contributed by atoms with E-state index < -0.39 is 0 Å². The Hall–Kier alpha value is -3.20. The molecule has 4 heterocycles. The van der Waals surface area contributed by atoms with Crippen molar-refractivity contribution < 1.29 is 9.78 Å². The van der Waals surface area contributed by atoms with E-state index in [1.807, 2.05) is 23.0 Å². The summed E-state index contributed by atoms with van der Waals surface area (Å²) in [5.41, 5.74) is 7.33. The molecule has 0 radical (unpaired) electrons. The van der Waals surface area contributed by atoms with Crippen molar-refractivity contribution >= 4 is 23.4 Å². The molecular weight excluding hydrogens is 392 g/mol. The Morgan fingerprint density at radius 2 is 1.86 bits per heavy atom. The molecule has 0 spiro atoms. The van der Waals surface area contributed by atoms with Gasteiger partial charge in [0, 0.05) is 16.7 Å². The zero-order chi connectivity index (χ0) is 20.0. The third kappa shape index (κ3) is 3.17. The average molecular weight is 412 g/mol. The van der Waals surface area contributed by atoms with E-state index >= 15 is 0 Å². The van der Waals surface area contributed by atoms with E-state index in [0.29, 0.717) is 22.4 Å². The molecule has 0 aliphatic carbocycles. The maximum Gasteiger partial charge on any atom is 0.434 e. The van der Waals surface area contributed by atoms with Gasteiger partial charge in [0.2, 0.25) is 0 Å². The predicted octanol–water partition coefficient (Wildman–Crippen LogP) is 1.15. The van der Waals surface area contributed by atoms with Gasteiger partial charge in [-0.15, -0.1) is 4.68 Å². The van der Waals surface area contributed by atoms with Gasteiger partial charge in [-0.2, -0.15) is 0 Å². The lowest BCUT2D eigenvalue weighted by Crippen LogP contribution is -2.69. The van der Waals surface area contributed by atoms with Gasteiger partial charge in [0.05, 0.1) is 25.2 Å². The van der Waals surface area contributed by atoms with E-state index in [0.717, 1.165) is 31.7 Å². The fraction of sp³-hybridized carbons (Fsp3) is 0.316. The van der Waals surface area contributed by atoms with Crippen molar-refractivity contribution in [3.05, 3.63) is 48.0 Å². The lowest BCUT2D eigenvalue weighted by Gasteiger charge is -2.41. The van der Waals surface area contributed by atoms with Crippen LogP contribution in [0.15, 0.2) is 42.9 Å². The van der Waals surface area contributed by atoms with E-state index in [1.54, 1.807) is 18.2 Å². The molecule has 2 atom stereocenters. The van der Waals surface area contributed by atoms with Gasteiger partial charge in [-0.05, 0) is 25.0 Å². The second kappa shape index (κ2) is 7.00. The van der Waals surface area contributed by atoms with E-state index in [1.165, 1.54) is 6.33 Å². The van der Waals surface area contributed by atoms with E-state index in [4.69, 9.17) is 17.3 Å². The number of phenolic OH excluding ortho intramolecular Hbond substituents is 1. The van der Waals surface area contributed by atoms with E-state index in [2.05, 4.69) is 30.1 Å². The molecule has 3 aromatic rings. The molecule has 2 fully saturated rings. The summed E-state index contributed by atoms with van der Waals surface area (Å²) >= 11 is 6.07. The molecule has 3 N–H and O–H groups in total. The molecule has 2 unspecified atom stereocenters. The number of hydrogen-bond donors (Lipinski definition) is 2. The third-order valence-electron chi connectivity index (χ3n) is 5.57. The number of aromatic nitrogens is 5. The van der Waals surface area contributed by atoms with Gasteiger partial charge in [0.1, 0.15) is 34.9 Å². The van der Waals surface area contributed by atoms with Crippen molar-refractivity contribution in [2.45, 2.75) is 24.9 Å². The molecule has 10 heteroatoms. The summed E-state index contributed by atoms with van der Waals surface area (Å²) in [6.45, 7) is 1.53. The highest BCUT2D eigenvalue weighted by molar-refractivity contribution is 6.29. The summed E-state index contributed by atoms with van der Waals surface area (Å²) < 4.78 is 1.84. The molecule has 5 rings (SSSR count). The van der Waals surface area contributed by atoms with E-state index in [-0.39, 0.29) is 17.8 Å². The number of piperazine rings is 1. The first-order valence-electron chi connectivity index (χ1n) is 9.44. The number of nitrogens with two attached hydrogens (primary N) is 1. The molecule has 0 amide bonds. The number of aromatic hydroxyl groups is 1. The molecule has 2 saturated heterocycles. The topological polar surface area (TPSA) is 108 Å². The predicted molar refractivity (Wildman–Crippen MR) is 108 cm³/mol. The quantitative estimate of drug-likeness (QED) is 0.488. The highest BCUT2D eigenvalue weighted by Gasteiger charge is 2.42. The number of nitrogens with zero attached hydrogens (tertiary/aromatic N) is 7. The molecule has 2 bridgehead atoms. The Balaban J connectivity index is 1.45. The zero-order valence-electron chi connectivity index (χ0n) is 15.6. The van der Waals surface area contributed by atoms with Crippen molar-refractivity contribution in [3.8, 4) is 17.0 Å². The minimum atomic E-state index is 0.156. The molecule has 2 aliphatic rings. The van der Waals surface area contributed by atoms with E-state index in [9.17, 15) is 5.11 Å². The maximum atomic E-state index is 10.2. The smallest absolute Gasteiger partial charge is 0.434 e. The van der Waals surface area contributed by atoms with Crippen molar-refractivity contribution in [3.63, 3.8) is 0 Å². The Kier molecular flexibility index (Phi) is 4.31. The number of para-hydroxylation sites is 1. The Bertz CT molecular complexity index is 1050. The number of rotatable bonds is 3. The van der Waals surface area contributed by atoms with Crippen LogP contribution >= 0.6 is 11.6 Å². The normalized spacial score (nSPS) is 20.9. The summed E-state index contributed by atoms with van der Waals surface area (Å²) in [5.74, 6) is 1.32. The first-order valence-corrected chi connectivity index (χ1v) is 9.82. The van der Waals surface area contributed by atoms with Crippen LogP contribution in [0.5, 0.6) is 5.75 Å². The van der Waals surface area contributed by atoms with Gasteiger partial charge >= 0.3 is 5.95 Å². The summed E-state index contributed by atoms with van der Waals surface area (Å²) in [5, 5.41) is 21.1. The molecule has 148 valence electrons. The van der Waals surface area contributed by atoms with Crippen molar-refractivity contribution in [1.82, 2.24) is 20.2 Å². The van der Waals surface area contributed by atoms with Crippen molar-refractivity contribution in [2.24, 2.45) is 0 Å². The van der Waals surface area contributed by atoms with Gasteiger partial charge in [-0.25, -0.2) is 9.97 Å². The van der Waals surface area contributed by atoms with Gasteiger partial charge in [-0.3, -0.25) is 10.7 Å². The monoisotopic (exact) mass is 411 g/mol. The van der Waals surface area contributed by atoms with Gasteiger partial charge in [0.25, 0.3) is 0 Å². The van der Waals surface area contributed by atoms with Crippen LogP contribution in [0.25, 0.3) is 11.3 Å². The molecule has 2 aromatic heterocycles. The number of anilines is 2. The number of phenols is 1. The summed E-state index contributed by atoms with van der Waals surface area (Å²) in [7, 11) is 0. The number of hydrogen-bond acceptors (Lipinski definition) is 8. The molecule has 29 heavy (non-hydrogen) atoms. The average Bonchev–Trinajstić information content (AvgIpc) is 2.98. The number of fused-ring (bicyclic) bond motifs is 2. The second-order valence-corrected chi connectivity index (χ2v) is 7.68. The van der Waals surface area contributed by atoms with Crippen LogP contribution < -0.4 is 20.3 Å². The SMILES string of the molecule is Nc1nnc(-c2ccccc2O)c[n+]1N1CC2CCC(C1)N2c1cc(Cl)ncn1. The summed E-state index contributed by atoms with van der Waals surface area (Å²) in [6, 6.07) is 9.44. The first kappa shape index (κ1) is 17.9. The fourth-order valence-corrected chi connectivity index (χ4v) is 4.44. The Morgan fingerprint density at radius 3 is 2.59 bits per heavy atom. The highest BCUT2D eigenvalue weighted by atomic mass is 35.5. The summed E-state index contributed by atoms with van der Waals surface area (Å²) in [6.07, 6.45) is 5.46. The van der Waals surface area contributed by atoms with Crippen molar-refractivity contribution in [1.29, 1.82) is 0 Å². The van der Waals surface area contributed by atoms with Crippen LogP contribution in [0.1, 0.15) is 12.8 Å². The van der Waals surface area contributed by atoms with Crippen LogP contribution in [-0.4, -0.2) is 50.4 Å². The molecule has 2 aliphatic heterocycles. The van der Waals surface area contributed by atoms with Gasteiger partial charge in [-0.1, -0.05) is 28.8 Å². The third-order valence-corrected chi connectivity index (χ3v) is 5.78. The minimum Gasteiger partial charge on any atom is -0.507 e. The molecule has 1 aromatic carbocycles. The van der Waals surface area contributed by atoms with Crippen LogP contribution in [0.3, 0.4) is 0 Å². The zero-order valence-corrected chi connectivity index (χ0v) is 16.3. The fourth-order valence-electron chi connectivity index (χ4n) is 4.30. The first-order chi connectivity index (χ1) is 14.1. The van der Waals surface area contributed by atoms with Gasteiger partial charge in [0.15, 0.2) is 0 Å². The number of nitrogen functional groups attached to an aromatic ring is 1. The van der Waals surface area contributed by atoms with Crippen LogP contribution in [0.4, 0.5) is 11.8 Å². The maximum absolute atomic E-state index is 10.2. The van der Waals surface area contributed by atoms with Crippen LogP contribution in [-0.2, 0) is 0 Å². The lowest BCUT2D eigenvalue weighted by molar-refractivity contribution is -0.682. The molecule has 9 nitrogen and oxygen atoms in total.